The molecule has 1 fully saturated rings. The molecule has 4 N–H and O–H groups in total. The quantitative estimate of drug-likeness (QED) is 0.380. The van der Waals surface area contributed by atoms with Crippen molar-refractivity contribution in [1.29, 1.82) is 0 Å². The molecule has 1 rings (SSSR count). The van der Waals surface area contributed by atoms with Gasteiger partial charge in [-0.3, -0.25) is 9.45 Å². The molecule has 8 nitrogen and oxygen atoms in total. The zero-order chi connectivity index (χ0) is 14.5. The molecule has 9 heteroatoms. The number of β-amino-alcohol motifs (C(OH)–C–C–N with tert-alkyl or cyclic N) is 1. The van der Waals surface area contributed by atoms with Crippen LogP contribution in [0.2, 0.25) is 0 Å². The van der Waals surface area contributed by atoms with E-state index in [0.29, 0.717) is 13.0 Å². The summed E-state index contributed by atoms with van der Waals surface area (Å²) in [6.07, 6.45) is 0.353. The summed E-state index contributed by atoms with van der Waals surface area (Å²) in [5.41, 5.74) is -2.53. The Morgan fingerprint density at radius 2 is 2.00 bits per heavy atom. The predicted molar refractivity (Wildman–Crippen MR) is 66.1 cm³/mol. The van der Waals surface area contributed by atoms with Crippen molar-refractivity contribution in [2.45, 2.75) is 23.8 Å². The maximum atomic E-state index is 10.7. The van der Waals surface area contributed by atoms with Gasteiger partial charge in [-0.25, -0.2) is 0 Å². The molecule has 0 aromatic rings. The number of ether oxygens (including phenoxy) is 1. The van der Waals surface area contributed by atoms with Crippen molar-refractivity contribution in [1.82, 2.24) is 4.90 Å². The Balaban J connectivity index is 2.67. The Morgan fingerprint density at radius 1 is 1.32 bits per heavy atom. The van der Waals surface area contributed by atoms with Gasteiger partial charge in [-0.05, 0) is 6.42 Å². The van der Waals surface area contributed by atoms with Crippen molar-refractivity contribution < 1.29 is 33.0 Å². The summed E-state index contributed by atoms with van der Waals surface area (Å²) in [4.78, 5) is 1.69. The first-order valence-corrected chi connectivity index (χ1v) is 7.55. The van der Waals surface area contributed by atoms with Gasteiger partial charge in [0.05, 0.1) is 25.4 Å². The van der Waals surface area contributed by atoms with Gasteiger partial charge in [0.15, 0.2) is 5.44 Å². The van der Waals surface area contributed by atoms with Crippen LogP contribution < -0.4 is 0 Å². The van der Waals surface area contributed by atoms with Gasteiger partial charge < -0.3 is 20.1 Å². The second kappa shape index (κ2) is 6.93. The van der Waals surface area contributed by atoms with Crippen molar-refractivity contribution in [3.05, 3.63) is 0 Å². The SMILES string of the molecule is O=S(=O)(O)C(O)CCN(CCO)C1(CO)CCOC1. The second-order valence-corrected chi connectivity index (χ2v) is 6.23. The molecule has 0 bridgehead atoms. The number of rotatable bonds is 8. The van der Waals surface area contributed by atoms with Crippen LogP contribution in [0.4, 0.5) is 0 Å². The molecule has 1 heterocycles. The molecule has 1 saturated heterocycles. The molecule has 0 aromatic carbocycles. The van der Waals surface area contributed by atoms with Crippen molar-refractivity contribution >= 4 is 10.1 Å². The molecule has 0 aromatic heterocycles. The average Bonchev–Trinajstić information content (AvgIpc) is 2.82. The molecule has 2 atom stereocenters. The maximum absolute atomic E-state index is 10.7. The van der Waals surface area contributed by atoms with E-state index < -0.39 is 21.1 Å². The van der Waals surface area contributed by atoms with E-state index >= 15 is 0 Å². The van der Waals surface area contributed by atoms with Crippen LogP contribution in [-0.4, -0.2) is 83.7 Å². The molecule has 0 saturated carbocycles. The van der Waals surface area contributed by atoms with E-state index in [1.165, 1.54) is 0 Å². The van der Waals surface area contributed by atoms with Crippen molar-refractivity contribution in [3.8, 4) is 0 Å². The van der Waals surface area contributed by atoms with Crippen LogP contribution >= 0.6 is 0 Å². The first kappa shape index (κ1) is 16.8. The lowest BCUT2D eigenvalue weighted by atomic mass is 9.97. The zero-order valence-electron chi connectivity index (χ0n) is 10.6. The normalized spacial score (nSPS) is 25.9. The van der Waals surface area contributed by atoms with E-state index in [1.54, 1.807) is 4.90 Å². The smallest absolute Gasteiger partial charge is 0.292 e. The van der Waals surface area contributed by atoms with Crippen LogP contribution in [0, 0.1) is 0 Å². The fraction of sp³-hybridized carbons (Fsp3) is 1.00. The van der Waals surface area contributed by atoms with E-state index in [0.717, 1.165) is 0 Å². The first-order chi connectivity index (χ1) is 8.85. The number of aliphatic hydroxyl groups excluding tert-OH is 3. The molecule has 19 heavy (non-hydrogen) atoms. The van der Waals surface area contributed by atoms with Gasteiger partial charge in [0, 0.05) is 26.1 Å². The van der Waals surface area contributed by atoms with E-state index in [1.807, 2.05) is 0 Å². The molecule has 0 aliphatic carbocycles. The summed E-state index contributed by atoms with van der Waals surface area (Å²) in [5.74, 6) is 0. The van der Waals surface area contributed by atoms with Crippen LogP contribution in [0.25, 0.3) is 0 Å². The lowest BCUT2D eigenvalue weighted by molar-refractivity contribution is 0.00471. The minimum absolute atomic E-state index is 0.117. The Hall–Kier alpha value is -0.290. The predicted octanol–water partition coefficient (Wildman–Crippen LogP) is -1.97. The summed E-state index contributed by atoms with van der Waals surface area (Å²) in [6.45, 7) is 0.751. The highest BCUT2D eigenvalue weighted by Gasteiger charge is 2.40. The lowest BCUT2D eigenvalue weighted by Gasteiger charge is -2.38. The standard InChI is InChI=1S/C10H21NO7S/c12-5-4-11(3-1-9(14)19(15,16)17)10(7-13)2-6-18-8-10/h9,12-14H,1-8H2,(H,15,16,17). The van der Waals surface area contributed by atoms with Crippen LogP contribution in [0.3, 0.4) is 0 Å². The molecule has 2 unspecified atom stereocenters. The molecule has 1 aliphatic rings. The van der Waals surface area contributed by atoms with E-state index in [2.05, 4.69) is 0 Å². The monoisotopic (exact) mass is 299 g/mol. The molecule has 0 radical (unpaired) electrons. The number of nitrogens with zero attached hydrogens (tertiary/aromatic N) is 1. The molecular formula is C10H21NO7S. The molecule has 0 spiro atoms. The third-order valence-corrected chi connectivity index (χ3v) is 4.33. The topological polar surface area (TPSA) is 128 Å². The molecular weight excluding hydrogens is 278 g/mol. The van der Waals surface area contributed by atoms with Crippen molar-refractivity contribution in [2.24, 2.45) is 0 Å². The number of hydrogen-bond donors (Lipinski definition) is 4. The third-order valence-electron chi connectivity index (χ3n) is 3.41. The highest BCUT2D eigenvalue weighted by Crippen LogP contribution is 2.26. The van der Waals surface area contributed by atoms with Gasteiger partial charge in [0.25, 0.3) is 10.1 Å². The second-order valence-electron chi connectivity index (χ2n) is 4.65. The van der Waals surface area contributed by atoms with E-state index in [4.69, 9.17) is 14.4 Å². The largest absolute Gasteiger partial charge is 0.395 e. The summed E-state index contributed by atoms with van der Waals surface area (Å²) < 4.78 is 35.4. The van der Waals surface area contributed by atoms with Gasteiger partial charge in [0.2, 0.25) is 0 Å². The highest BCUT2D eigenvalue weighted by molar-refractivity contribution is 7.86. The zero-order valence-corrected chi connectivity index (χ0v) is 11.4. The molecule has 1 aliphatic heterocycles. The highest BCUT2D eigenvalue weighted by atomic mass is 32.2. The fourth-order valence-electron chi connectivity index (χ4n) is 2.19. The van der Waals surface area contributed by atoms with Crippen molar-refractivity contribution in [2.75, 3.05) is 39.5 Å². The third kappa shape index (κ3) is 4.35. The number of aliphatic hydroxyl groups is 3. The average molecular weight is 299 g/mol. The minimum atomic E-state index is -4.49. The Bertz CT molecular complexity index is 366. The van der Waals surface area contributed by atoms with Gasteiger partial charge >= 0.3 is 0 Å². The minimum Gasteiger partial charge on any atom is -0.395 e. The van der Waals surface area contributed by atoms with Gasteiger partial charge in [-0.15, -0.1) is 0 Å². The Kier molecular flexibility index (Phi) is 6.12. The first-order valence-electron chi connectivity index (χ1n) is 6.04. The molecule has 0 amide bonds. The lowest BCUT2D eigenvalue weighted by Crippen LogP contribution is -2.54. The van der Waals surface area contributed by atoms with Crippen molar-refractivity contribution in [3.63, 3.8) is 0 Å². The van der Waals surface area contributed by atoms with Gasteiger partial charge in [-0.2, -0.15) is 8.42 Å². The van der Waals surface area contributed by atoms with Crippen LogP contribution in [0.15, 0.2) is 0 Å². The number of hydrogen-bond acceptors (Lipinski definition) is 7. The van der Waals surface area contributed by atoms with Crippen LogP contribution in [0.1, 0.15) is 12.8 Å². The van der Waals surface area contributed by atoms with Crippen LogP contribution in [0.5, 0.6) is 0 Å². The van der Waals surface area contributed by atoms with E-state index in [9.17, 15) is 18.6 Å². The Labute approximate surface area is 112 Å². The van der Waals surface area contributed by atoms with Gasteiger partial charge in [0.1, 0.15) is 0 Å². The fourth-order valence-corrected chi connectivity index (χ4v) is 2.60. The maximum Gasteiger partial charge on any atom is 0.292 e. The Morgan fingerprint density at radius 3 is 2.42 bits per heavy atom. The summed E-state index contributed by atoms with van der Waals surface area (Å²) >= 11 is 0. The summed E-state index contributed by atoms with van der Waals surface area (Å²) in [5, 5.41) is 27.8. The summed E-state index contributed by atoms with van der Waals surface area (Å²) in [6, 6.07) is 0. The summed E-state index contributed by atoms with van der Waals surface area (Å²) in [7, 11) is -4.49. The van der Waals surface area contributed by atoms with E-state index in [-0.39, 0.29) is 39.3 Å². The van der Waals surface area contributed by atoms with Gasteiger partial charge in [-0.1, -0.05) is 0 Å². The van der Waals surface area contributed by atoms with Crippen LogP contribution in [-0.2, 0) is 14.9 Å². The molecule has 114 valence electrons.